The van der Waals surface area contributed by atoms with E-state index in [-0.39, 0.29) is 5.69 Å². The largest absolute Gasteiger partial charge is 0.290 e. The molecule has 0 saturated heterocycles. The molecule has 64 valence electrons. The molecule has 12 heavy (non-hydrogen) atoms. The van der Waals surface area contributed by atoms with Gasteiger partial charge in [0.15, 0.2) is 0 Å². The van der Waals surface area contributed by atoms with Gasteiger partial charge in [0.05, 0.1) is 4.92 Å². The molecule has 0 aromatic carbocycles. The Balaban J connectivity index is 3.00. The summed E-state index contributed by atoms with van der Waals surface area (Å²) in [6.07, 6.45) is 4.52. The standard InChI is InChI=1S/C8H10N2O2/c1-2-3-7-4-5-9-6-8(7)10(11)12/h4-6H,2-3H2,1H3. The number of aromatic nitrogens is 1. The first-order valence-corrected chi connectivity index (χ1v) is 3.83. The quantitative estimate of drug-likeness (QED) is 0.509. The number of hydrogen-bond donors (Lipinski definition) is 0. The zero-order valence-electron chi connectivity index (χ0n) is 6.86. The molecule has 0 aliphatic rings. The second-order valence-corrected chi connectivity index (χ2v) is 2.51. The molecule has 0 fully saturated rings. The number of hydrogen-bond acceptors (Lipinski definition) is 3. The van der Waals surface area contributed by atoms with E-state index in [4.69, 9.17) is 0 Å². The Bertz CT molecular complexity index is 286. The lowest BCUT2D eigenvalue weighted by atomic mass is 10.1. The third-order valence-corrected chi connectivity index (χ3v) is 1.60. The Hall–Kier alpha value is -1.45. The lowest BCUT2D eigenvalue weighted by molar-refractivity contribution is -0.385. The van der Waals surface area contributed by atoms with E-state index in [2.05, 4.69) is 4.98 Å². The van der Waals surface area contributed by atoms with Gasteiger partial charge in [0, 0.05) is 11.8 Å². The van der Waals surface area contributed by atoms with E-state index in [0.29, 0.717) is 0 Å². The van der Waals surface area contributed by atoms with Crippen LogP contribution in [-0.4, -0.2) is 9.91 Å². The number of nitrogens with zero attached hydrogens (tertiary/aromatic N) is 2. The summed E-state index contributed by atoms with van der Waals surface area (Å²) in [5, 5.41) is 10.5. The molecule has 1 rings (SSSR count). The van der Waals surface area contributed by atoms with Gasteiger partial charge in [-0.15, -0.1) is 0 Å². The summed E-state index contributed by atoms with van der Waals surface area (Å²) in [4.78, 5) is 13.8. The maximum absolute atomic E-state index is 10.5. The van der Waals surface area contributed by atoms with Gasteiger partial charge < -0.3 is 0 Å². The average Bonchev–Trinajstić information content (AvgIpc) is 2.05. The van der Waals surface area contributed by atoms with Crippen LogP contribution in [0.15, 0.2) is 18.5 Å². The van der Waals surface area contributed by atoms with Crippen molar-refractivity contribution in [2.45, 2.75) is 19.8 Å². The smallest absolute Gasteiger partial charge is 0.258 e. The number of pyridine rings is 1. The average molecular weight is 166 g/mol. The van der Waals surface area contributed by atoms with E-state index >= 15 is 0 Å². The van der Waals surface area contributed by atoms with Crippen LogP contribution in [0.2, 0.25) is 0 Å². The van der Waals surface area contributed by atoms with Crippen LogP contribution in [0.4, 0.5) is 5.69 Å². The lowest BCUT2D eigenvalue weighted by Gasteiger charge is -1.98. The molecular weight excluding hydrogens is 156 g/mol. The molecule has 0 amide bonds. The minimum Gasteiger partial charge on any atom is -0.258 e. The van der Waals surface area contributed by atoms with E-state index in [9.17, 15) is 10.1 Å². The number of rotatable bonds is 3. The Morgan fingerprint density at radius 1 is 1.67 bits per heavy atom. The molecular formula is C8H10N2O2. The molecule has 0 unspecified atom stereocenters. The summed E-state index contributed by atoms with van der Waals surface area (Å²) in [7, 11) is 0. The van der Waals surface area contributed by atoms with Gasteiger partial charge in [-0.05, 0) is 12.5 Å². The second-order valence-electron chi connectivity index (χ2n) is 2.51. The molecule has 1 aromatic heterocycles. The van der Waals surface area contributed by atoms with Gasteiger partial charge in [0.2, 0.25) is 0 Å². The topological polar surface area (TPSA) is 56.0 Å². The first kappa shape index (κ1) is 8.64. The molecule has 0 aliphatic heterocycles. The predicted octanol–water partition coefficient (Wildman–Crippen LogP) is 1.94. The molecule has 4 heteroatoms. The summed E-state index contributed by atoms with van der Waals surface area (Å²) in [5.74, 6) is 0. The monoisotopic (exact) mass is 166 g/mol. The van der Waals surface area contributed by atoms with Crippen molar-refractivity contribution in [1.82, 2.24) is 4.98 Å². The third-order valence-electron chi connectivity index (χ3n) is 1.60. The second kappa shape index (κ2) is 3.80. The highest BCUT2D eigenvalue weighted by Crippen LogP contribution is 2.17. The third kappa shape index (κ3) is 1.78. The predicted molar refractivity (Wildman–Crippen MR) is 44.9 cm³/mol. The van der Waals surface area contributed by atoms with Crippen molar-refractivity contribution in [2.24, 2.45) is 0 Å². The highest BCUT2D eigenvalue weighted by molar-refractivity contribution is 5.36. The number of nitro groups is 1. The van der Waals surface area contributed by atoms with Gasteiger partial charge in [0.25, 0.3) is 5.69 Å². The molecule has 0 radical (unpaired) electrons. The van der Waals surface area contributed by atoms with Crippen LogP contribution in [0.3, 0.4) is 0 Å². The van der Waals surface area contributed by atoms with Crippen LogP contribution in [0.1, 0.15) is 18.9 Å². The van der Waals surface area contributed by atoms with Crippen LogP contribution < -0.4 is 0 Å². The zero-order chi connectivity index (χ0) is 8.97. The molecule has 0 spiro atoms. The minimum absolute atomic E-state index is 0.124. The fourth-order valence-electron chi connectivity index (χ4n) is 1.06. The van der Waals surface area contributed by atoms with Crippen LogP contribution in [0.5, 0.6) is 0 Å². The van der Waals surface area contributed by atoms with Gasteiger partial charge in [-0.3, -0.25) is 15.1 Å². The van der Waals surface area contributed by atoms with Crippen LogP contribution in [0.25, 0.3) is 0 Å². The molecule has 0 atom stereocenters. The normalized spacial score (nSPS) is 9.75. The Labute approximate surface area is 70.4 Å². The van der Waals surface area contributed by atoms with Gasteiger partial charge in [-0.2, -0.15) is 0 Å². The molecule has 0 saturated carbocycles. The summed E-state index contributed by atoms with van der Waals surface area (Å²) in [5.41, 5.74) is 0.886. The lowest BCUT2D eigenvalue weighted by Crippen LogP contribution is -1.95. The molecule has 1 aromatic rings. The Morgan fingerprint density at radius 3 is 3.00 bits per heavy atom. The van der Waals surface area contributed by atoms with Crippen LogP contribution in [-0.2, 0) is 6.42 Å². The van der Waals surface area contributed by atoms with E-state index in [1.54, 1.807) is 12.3 Å². The van der Waals surface area contributed by atoms with Crippen molar-refractivity contribution in [2.75, 3.05) is 0 Å². The maximum Gasteiger partial charge on any atom is 0.290 e. The molecule has 0 bridgehead atoms. The highest BCUT2D eigenvalue weighted by atomic mass is 16.6. The summed E-state index contributed by atoms with van der Waals surface area (Å²) in [6.45, 7) is 1.99. The van der Waals surface area contributed by atoms with Crippen LogP contribution in [0, 0.1) is 10.1 Å². The highest BCUT2D eigenvalue weighted by Gasteiger charge is 2.11. The summed E-state index contributed by atoms with van der Waals surface area (Å²) >= 11 is 0. The molecule has 0 N–H and O–H groups in total. The van der Waals surface area contributed by atoms with Crippen molar-refractivity contribution in [3.63, 3.8) is 0 Å². The minimum atomic E-state index is -0.391. The molecule has 1 heterocycles. The van der Waals surface area contributed by atoms with Gasteiger partial charge >= 0.3 is 0 Å². The SMILES string of the molecule is CCCc1ccncc1[N+](=O)[O-]. The van der Waals surface area contributed by atoms with E-state index in [1.165, 1.54) is 6.20 Å². The van der Waals surface area contributed by atoms with Crippen molar-refractivity contribution >= 4 is 5.69 Å². The fraction of sp³-hybridized carbons (Fsp3) is 0.375. The van der Waals surface area contributed by atoms with Crippen LogP contribution >= 0.6 is 0 Å². The van der Waals surface area contributed by atoms with Gasteiger partial charge in [-0.1, -0.05) is 13.3 Å². The fourth-order valence-corrected chi connectivity index (χ4v) is 1.06. The maximum atomic E-state index is 10.5. The first-order valence-electron chi connectivity index (χ1n) is 3.83. The van der Waals surface area contributed by atoms with Gasteiger partial charge in [0.1, 0.15) is 6.20 Å². The van der Waals surface area contributed by atoms with E-state index < -0.39 is 4.92 Å². The Morgan fingerprint density at radius 2 is 2.42 bits per heavy atom. The van der Waals surface area contributed by atoms with E-state index in [1.807, 2.05) is 6.92 Å². The van der Waals surface area contributed by atoms with Gasteiger partial charge in [-0.25, -0.2) is 0 Å². The van der Waals surface area contributed by atoms with Crippen molar-refractivity contribution < 1.29 is 4.92 Å². The summed E-state index contributed by atoms with van der Waals surface area (Å²) < 4.78 is 0. The number of aryl methyl sites for hydroxylation is 1. The van der Waals surface area contributed by atoms with Crippen molar-refractivity contribution in [3.8, 4) is 0 Å². The van der Waals surface area contributed by atoms with E-state index in [0.717, 1.165) is 18.4 Å². The molecule has 4 nitrogen and oxygen atoms in total. The summed E-state index contributed by atoms with van der Waals surface area (Å²) in [6, 6.07) is 1.70. The van der Waals surface area contributed by atoms with Crippen molar-refractivity contribution in [1.29, 1.82) is 0 Å². The first-order chi connectivity index (χ1) is 5.75. The zero-order valence-corrected chi connectivity index (χ0v) is 6.86. The van der Waals surface area contributed by atoms with Crippen molar-refractivity contribution in [3.05, 3.63) is 34.1 Å². The Kier molecular flexibility index (Phi) is 2.74. The molecule has 0 aliphatic carbocycles.